The summed E-state index contributed by atoms with van der Waals surface area (Å²) in [6.07, 6.45) is 1.61. The lowest BCUT2D eigenvalue weighted by atomic mass is 10.3. The Morgan fingerprint density at radius 1 is 1.62 bits per heavy atom. The van der Waals surface area contributed by atoms with Gasteiger partial charge in [-0.2, -0.15) is 0 Å². The van der Waals surface area contributed by atoms with E-state index in [0.29, 0.717) is 5.22 Å². The van der Waals surface area contributed by atoms with Crippen LogP contribution < -0.4 is 5.32 Å². The van der Waals surface area contributed by atoms with Gasteiger partial charge in [0.15, 0.2) is 5.22 Å². The second-order valence-electron chi connectivity index (χ2n) is 3.06. The highest BCUT2D eigenvalue weighted by molar-refractivity contribution is 6.29. The van der Waals surface area contributed by atoms with Crippen molar-refractivity contribution in [3.63, 3.8) is 0 Å². The first-order valence-electron chi connectivity index (χ1n) is 4.29. The van der Waals surface area contributed by atoms with Crippen LogP contribution in [0, 0.1) is 0 Å². The molecule has 0 radical (unpaired) electrons. The molecule has 74 valence electrons. The van der Waals surface area contributed by atoms with Gasteiger partial charge in [0, 0.05) is 25.2 Å². The number of nitrogens with one attached hydrogen (secondary N) is 1. The molecule has 13 heavy (non-hydrogen) atoms. The minimum Gasteiger partial charge on any atom is -0.453 e. The molecule has 0 unspecified atom stereocenters. The fourth-order valence-corrected chi connectivity index (χ4v) is 1.28. The predicted octanol–water partition coefficient (Wildman–Crippen LogP) is 1.58. The molecule has 0 atom stereocenters. The summed E-state index contributed by atoms with van der Waals surface area (Å²) < 4.78 is 4.99. The molecule has 0 aliphatic heterocycles. The molecule has 0 aliphatic carbocycles. The number of likely N-dealkylation sites (N-methyl/N-ethyl adjacent to an activating group) is 2. The standard InChI is InChI=1S/C9H15ClN2O/c1-11-4-5-12(2)7-8-3-6-13-9(8)10/h3,6,11H,4-5,7H2,1-2H3. The molecule has 0 saturated heterocycles. The second-order valence-corrected chi connectivity index (χ2v) is 3.40. The minimum atomic E-state index is 0.497. The molecule has 1 heterocycles. The van der Waals surface area contributed by atoms with E-state index < -0.39 is 0 Å². The lowest BCUT2D eigenvalue weighted by Gasteiger charge is -2.14. The van der Waals surface area contributed by atoms with Crippen LogP contribution in [0.3, 0.4) is 0 Å². The summed E-state index contributed by atoms with van der Waals surface area (Å²) in [6, 6.07) is 1.90. The number of hydrogen-bond donors (Lipinski definition) is 1. The number of nitrogens with zero attached hydrogens (tertiary/aromatic N) is 1. The first-order valence-corrected chi connectivity index (χ1v) is 4.67. The van der Waals surface area contributed by atoms with Gasteiger partial charge in [-0.25, -0.2) is 0 Å². The Hall–Kier alpha value is -0.510. The van der Waals surface area contributed by atoms with Gasteiger partial charge >= 0.3 is 0 Å². The molecule has 4 heteroatoms. The summed E-state index contributed by atoms with van der Waals surface area (Å²) in [6.45, 7) is 2.81. The summed E-state index contributed by atoms with van der Waals surface area (Å²) in [5.74, 6) is 0. The third-order valence-electron chi connectivity index (χ3n) is 1.88. The van der Waals surface area contributed by atoms with E-state index in [1.165, 1.54) is 0 Å². The highest BCUT2D eigenvalue weighted by Gasteiger charge is 2.05. The van der Waals surface area contributed by atoms with E-state index in [4.69, 9.17) is 16.0 Å². The zero-order chi connectivity index (χ0) is 9.68. The average molecular weight is 203 g/mol. The van der Waals surface area contributed by atoms with Crippen molar-refractivity contribution in [3.05, 3.63) is 23.1 Å². The van der Waals surface area contributed by atoms with Crippen molar-refractivity contribution in [2.45, 2.75) is 6.54 Å². The SMILES string of the molecule is CNCCN(C)Cc1ccoc1Cl. The van der Waals surface area contributed by atoms with Crippen molar-refractivity contribution in [1.82, 2.24) is 10.2 Å². The Bertz CT molecular complexity index is 250. The van der Waals surface area contributed by atoms with Gasteiger partial charge in [0.25, 0.3) is 0 Å². The monoisotopic (exact) mass is 202 g/mol. The van der Waals surface area contributed by atoms with Crippen LogP contribution in [0.5, 0.6) is 0 Å². The molecule has 3 nitrogen and oxygen atoms in total. The third-order valence-corrected chi connectivity index (χ3v) is 2.21. The molecule has 1 N–H and O–H groups in total. The van der Waals surface area contributed by atoms with Gasteiger partial charge in [0.2, 0.25) is 0 Å². The van der Waals surface area contributed by atoms with Gasteiger partial charge < -0.3 is 14.6 Å². The summed E-state index contributed by atoms with van der Waals surface area (Å²) >= 11 is 5.81. The predicted molar refractivity (Wildman–Crippen MR) is 54.0 cm³/mol. The van der Waals surface area contributed by atoms with Crippen molar-refractivity contribution in [2.24, 2.45) is 0 Å². The number of furan rings is 1. The van der Waals surface area contributed by atoms with Crippen molar-refractivity contribution < 1.29 is 4.42 Å². The Balaban J connectivity index is 2.36. The molecule has 1 rings (SSSR count). The molecule has 0 aliphatic rings. The van der Waals surface area contributed by atoms with Crippen LogP contribution in [0.1, 0.15) is 5.56 Å². The van der Waals surface area contributed by atoms with Crippen molar-refractivity contribution in [3.8, 4) is 0 Å². The van der Waals surface area contributed by atoms with Crippen LogP contribution in [0.2, 0.25) is 5.22 Å². The van der Waals surface area contributed by atoms with Gasteiger partial charge in [0.05, 0.1) is 6.26 Å². The largest absolute Gasteiger partial charge is 0.453 e. The quantitative estimate of drug-likeness (QED) is 0.786. The highest BCUT2D eigenvalue weighted by Crippen LogP contribution is 2.17. The van der Waals surface area contributed by atoms with E-state index in [2.05, 4.69) is 17.3 Å². The van der Waals surface area contributed by atoms with Gasteiger partial charge in [-0.05, 0) is 31.8 Å². The Morgan fingerprint density at radius 3 is 2.92 bits per heavy atom. The zero-order valence-corrected chi connectivity index (χ0v) is 8.77. The molecule has 0 spiro atoms. The fourth-order valence-electron chi connectivity index (χ4n) is 1.10. The molecule has 1 aromatic rings. The van der Waals surface area contributed by atoms with Gasteiger partial charge in [-0.3, -0.25) is 0 Å². The summed E-state index contributed by atoms with van der Waals surface area (Å²) in [5, 5.41) is 3.59. The van der Waals surface area contributed by atoms with Crippen LogP contribution in [0.4, 0.5) is 0 Å². The number of hydrogen-bond acceptors (Lipinski definition) is 3. The third kappa shape index (κ3) is 3.38. The minimum absolute atomic E-state index is 0.497. The van der Waals surface area contributed by atoms with Gasteiger partial charge in [0.1, 0.15) is 0 Å². The van der Waals surface area contributed by atoms with Crippen LogP contribution >= 0.6 is 11.6 Å². The van der Waals surface area contributed by atoms with Gasteiger partial charge in [-0.1, -0.05) is 0 Å². The van der Waals surface area contributed by atoms with E-state index in [1.807, 2.05) is 13.1 Å². The normalized spacial score (nSPS) is 11.1. The highest BCUT2D eigenvalue weighted by atomic mass is 35.5. The van der Waals surface area contributed by atoms with Crippen molar-refractivity contribution in [1.29, 1.82) is 0 Å². The lowest BCUT2D eigenvalue weighted by molar-refractivity contribution is 0.327. The van der Waals surface area contributed by atoms with Crippen LogP contribution in [0.15, 0.2) is 16.7 Å². The molecule has 0 bridgehead atoms. The molecule has 0 aromatic carbocycles. The molecule has 1 aromatic heterocycles. The van der Waals surface area contributed by atoms with Gasteiger partial charge in [-0.15, -0.1) is 0 Å². The van der Waals surface area contributed by atoms with E-state index in [1.54, 1.807) is 6.26 Å². The zero-order valence-electron chi connectivity index (χ0n) is 8.01. The van der Waals surface area contributed by atoms with Crippen molar-refractivity contribution >= 4 is 11.6 Å². The maximum absolute atomic E-state index is 5.81. The smallest absolute Gasteiger partial charge is 0.197 e. The first kappa shape index (κ1) is 10.6. The summed E-state index contributed by atoms with van der Waals surface area (Å²) in [4.78, 5) is 2.19. The van der Waals surface area contributed by atoms with E-state index in [-0.39, 0.29) is 0 Å². The van der Waals surface area contributed by atoms with Crippen LogP contribution in [0.25, 0.3) is 0 Å². The Labute approximate surface area is 83.7 Å². The summed E-state index contributed by atoms with van der Waals surface area (Å²) in [5.41, 5.74) is 1.04. The van der Waals surface area contributed by atoms with Crippen molar-refractivity contribution in [2.75, 3.05) is 27.2 Å². The van der Waals surface area contributed by atoms with Crippen LogP contribution in [-0.4, -0.2) is 32.1 Å². The van der Waals surface area contributed by atoms with E-state index in [0.717, 1.165) is 25.2 Å². The number of halogens is 1. The maximum Gasteiger partial charge on any atom is 0.197 e. The summed E-state index contributed by atoms with van der Waals surface area (Å²) in [7, 11) is 4.00. The fraction of sp³-hybridized carbons (Fsp3) is 0.556. The molecule has 0 fully saturated rings. The average Bonchev–Trinajstić information content (AvgIpc) is 2.48. The first-order chi connectivity index (χ1) is 6.24. The molecular weight excluding hydrogens is 188 g/mol. The maximum atomic E-state index is 5.81. The topological polar surface area (TPSA) is 28.4 Å². The second kappa shape index (κ2) is 5.27. The molecule has 0 saturated carbocycles. The Kier molecular flexibility index (Phi) is 4.28. The van der Waals surface area contributed by atoms with E-state index >= 15 is 0 Å². The number of rotatable bonds is 5. The Morgan fingerprint density at radius 2 is 2.38 bits per heavy atom. The molecular formula is C9H15ClN2O. The van der Waals surface area contributed by atoms with Crippen LogP contribution in [-0.2, 0) is 6.54 Å². The lowest BCUT2D eigenvalue weighted by Crippen LogP contribution is -2.26. The molecule has 0 amide bonds. The van der Waals surface area contributed by atoms with E-state index in [9.17, 15) is 0 Å².